The standard InChI is InChI=1S/C23H21N7/c1-29(2)22-14-17(18-10-6-7-11-19(18)25-22)15-24-20-12-13-21-26-27-23(30(21)28-20)16-8-4-3-5-9-16/h3-14H,15H2,1-2H3,(H,24,28). The van der Waals surface area contributed by atoms with E-state index < -0.39 is 0 Å². The molecule has 1 N–H and O–H groups in total. The Kier molecular flexibility index (Phi) is 4.48. The first-order valence-electron chi connectivity index (χ1n) is 9.77. The van der Waals surface area contributed by atoms with Gasteiger partial charge in [-0.3, -0.25) is 0 Å². The van der Waals surface area contributed by atoms with Gasteiger partial charge in [0.25, 0.3) is 0 Å². The molecule has 3 aromatic heterocycles. The van der Waals surface area contributed by atoms with Gasteiger partial charge in [0.1, 0.15) is 11.6 Å². The van der Waals surface area contributed by atoms with Gasteiger partial charge in [-0.1, -0.05) is 48.5 Å². The molecule has 0 radical (unpaired) electrons. The number of hydrogen-bond acceptors (Lipinski definition) is 6. The fourth-order valence-electron chi connectivity index (χ4n) is 3.44. The van der Waals surface area contributed by atoms with Gasteiger partial charge in [-0.15, -0.1) is 15.3 Å². The largest absolute Gasteiger partial charge is 0.365 e. The molecule has 3 heterocycles. The van der Waals surface area contributed by atoms with E-state index in [0.29, 0.717) is 12.2 Å². The lowest BCUT2D eigenvalue weighted by atomic mass is 10.1. The van der Waals surface area contributed by atoms with Crippen LogP contribution in [-0.4, -0.2) is 38.9 Å². The smallest absolute Gasteiger partial charge is 0.185 e. The Hall–Kier alpha value is -4.00. The molecule has 2 aromatic carbocycles. The maximum Gasteiger partial charge on any atom is 0.185 e. The average molecular weight is 395 g/mol. The first kappa shape index (κ1) is 18.1. The molecule has 7 nitrogen and oxygen atoms in total. The zero-order valence-electron chi connectivity index (χ0n) is 16.8. The number of hydrogen-bond donors (Lipinski definition) is 1. The van der Waals surface area contributed by atoms with E-state index in [-0.39, 0.29) is 0 Å². The first-order chi connectivity index (χ1) is 14.7. The van der Waals surface area contributed by atoms with Gasteiger partial charge < -0.3 is 10.2 Å². The second-order valence-electron chi connectivity index (χ2n) is 7.28. The molecule has 0 aliphatic rings. The van der Waals surface area contributed by atoms with Crippen LogP contribution in [-0.2, 0) is 6.54 Å². The van der Waals surface area contributed by atoms with Crippen LogP contribution < -0.4 is 10.2 Å². The minimum atomic E-state index is 0.630. The van der Waals surface area contributed by atoms with Crippen LogP contribution in [0.2, 0.25) is 0 Å². The molecule has 0 atom stereocenters. The Morgan fingerprint density at radius 2 is 1.70 bits per heavy atom. The van der Waals surface area contributed by atoms with Gasteiger partial charge in [-0.25, -0.2) is 4.98 Å². The van der Waals surface area contributed by atoms with E-state index in [1.54, 1.807) is 4.52 Å². The van der Waals surface area contributed by atoms with Crippen LogP contribution >= 0.6 is 0 Å². The Labute approximate surface area is 174 Å². The van der Waals surface area contributed by atoms with Crippen molar-refractivity contribution in [1.29, 1.82) is 0 Å². The summed E-state index contributed by atoms with van der Waals surface area (Å²) in [5.41, 5.74) is 3.83. The highest BCUT2D eigenvalue weighted by Crippen LogP contribution is 2.23. The van der Waals surface area contributed by atoms with Crippen molar-refractivity contribution in [3.63, 3.8) is 0 Å². The van der Waals surface area contributed by atoms with E-state index >= 15 is 0 Å². The van der Waals surface area contributed by atoms with Crippen molar-refractivity contribution in [3.8, 4) is 11.4 Å². The van der Waals surface area contributed by atoms with Gasteiger partial charge in [0.05, 0.1) is 5.52 Å². The van der Waals surface area contributed by atoms with Crippen molar-refractivity contribution < 1.29 is 0 Å². The van der Waals surface area contributed by atoms with E-state index in [2.05, 4.69) is 27.6 Å². The van der Waals surface area contributed by atoms with Crippen LogP contribution in [0.3, 0.4) is 0 Å². The number of fused-ring (bicyclic) bond motifs is 2. The molecular weight excluding hydrogens is 374 g/mol. The van der Waals surface area contributed by atoms with Gasteiger partial charge in [0.2, 0.25) is 0 Å². The highest BCUT2D eigenvalue weighted by Gasteiger charge is 2.11. The van der Waals surface area contributed by atoms with Crippen LogP contribution in [0.1, 0.15) is 5.56 Å². The van der Waals surface area contributed by atoms with Crippen molar-refractivity contribution in [2.24, 2.45) is 0 Å². The Balaban J connectivity index is 1.48. The zero-order valence-corrected chi connectivity index (χ0v) is 16.8. The minimum Gasteiger partial charge on any atom is -0.365 e. The van der Waals surface area contributed by atoms with E-state index in [9.17, 15) is 0 Å². The molecule has 148 valence electrons. The third-order valence-electron chi connectivity index (χ3n) is 5.00. The molecule has 5 rings (SSSR count). The molecule has 30 heavy (non-hydrogen) atoms. The van der Waals surface area contributed by atoms with Gasteiger partial charge in [0, 0.05) is 31.6 Å². The summed E-state index contributed by atoms with van der Waals surface area (Å²) in [4.78, 5) is 6.75. The zero-order chi connectivity index (χ0) is 20.5. The third kappa shape index (κ3) is 3.30. The Bertz CT molecular complexity index is 1330. The maximum absolute atomic E-state index is 4.73. The van der Waals surface area contributed by atoms with Gasteiger partial charge >= 0.3 is 0 Å². The number of nitrogens with one attached hydrogen (secondary N) is 1. The van der Waals surface area contributed by atoms with E-state index in [1.807, 2.05) is 79.7 Å². The first-order valence-corrected chi connectivity index (χ1v) is 9.77. The lowest BCUT2D eigenvalue weighted by molar-refractivity contribution is 0.925. The Morgan fingerprint density at radius 3 is 2.53 bits per heavy atom. The van der Waals surface area contributed by atoms with E-state index in [0.717, 1.165) is 33.9 Å². The molecule has 0 amide bonds. The molecule has 0 saturated carbocycles. The minimum absolute atomic E-state index is 0.630. The maximum atomic E-state index is 4.73. The monoisotopic (exact) mass is 395 g/mol. The van der Waals surface area contributed by atoms with Crippen molar-refractivity contribution in [2.45, 2.75) is 6.54 Å². The van der Waals surface area contributed by atoms with Gasteiger partial charge in [0.15, 0.2) is 11.5 Å². The van der Waals surface area contributed by atoms with Crippen molar-refractivity contribution in [3.05, 3.63) is 78.4 Å². The summed E-state index contributed by atoms with van der Waals surface area (Å²) in [5, 5.41) is 17.8. The molecular formula is C23H21N7. The molecule has 0 aliphatic heterocycles. The van der Waals surface area contributed by atoms with Crippen LogP contribution in [0.25, 0.3) is 27.9 Å². The van der Waals surface area contributed by atoms with E-state index in [4.69, 9.17) is 10.1 Å². The summed E-state index contributed by atoms with van der Waals surface area (Å²) in [5.74, 6) is 2.41. The van der Waals surface area contributed by atoms with E-state index in [1.165, 1.54) is 5.56 Å². The highest BCUT2D eigenvalue weighted by atomic mass is 15.4. The predicted octanol–water partition coefficient (Wildman–Crippen LogP) is 4.02. The normalized spacial score (nSPS) is 11.1. The van der Waals surface area contributed by atoms with Gasteiger partial charge in [-0.2, -0.15) is 4.52 Å². The topological polar surface area (TPSA) is 71.2 Å². The summed E-state index contributed by atoms with van der Waals surface area (Å²) in [7, 11) is 4.00. The number of pyridine rings is 1. The fraction of sp³-hybridized carbons (Fsp3) is 0.130. The van der Waals surface area contributed by atoms with Gasteiger partial charge in [-0.05, 0) is 29.8 Å². The quantitative estimate of drug-likeness (QED) is 0.485. The number of benzene rings is 2. The summed E-state index contributed by atoms with van der Waals surface area (Å²) < 4.78 is 1.77. The molecule has 0 aliphatic carbocycles. The van der Waals surface area contributed by atoms with Crippen molar-refractivity contribution in [2.75, 3.05) is 24.3 Å². The summed E-state index contributed by atoms with van der Waals surface area (Å²) in [6.07, 6.45) is 0. The molecule has 0 bridgehead atoms. The lowest BCUT2D eigenvalue weighted by Gasteiger charge is -2.15. The second-order valence-corrected chi connectivity index (χ2v) is 7.28. The van der Waals surface area contributed by atoms with Crippen molar-refractivity contribution >= 4 is 28.2 Å². The van der Waals surface area contributed by atoms with Crippen LogP contribution in [0.15, 0.2) is 72.8 Å². The van der Waals surface area contributed by atoms with Crippen LogP contribution in [0.5, 0.6) is 0 Å². The van der Waals surface area contributed by atoms with Crippen LogP contribution in [0, 0.1) is 0 Å². The van der Waals surface area contributed by atoms with Crippen molar-refractivity contribution in [1.82, 2.24) is 24.8 Å². The molecule has 0 spiro atoms. The summed E-state index contributed by atoms with van der Waals surface area (Å²) >= 11 is 0. The SMILES string of the molecule is CN(C)c1cc(CNc2ccc3nnc(-c4ccccc4)n3n2)c2ccccc2n1. The predicted molar refractivity (Wildman–Crippen MR) is 120 cm³/mol. The number of aromatic nitrogens is 5. The second kappa shape index (κ2) is 7.44. The number of para-hydroxylation sites is 1. The molecule has 0 saturated heterocycles. The summed E-state index contributed by atoms with van der Waals surface area (Å²) in [6.45, 7) is 0.630. The summed E-state index contributed by atoms with van der Waals surface area (Å²) in [6, 6.07) is 24.1. The molecule has 7 heteroatoms. The molecule has 0 unspecified atom stereocenters. The Morgan fingerprint density at radius 1 is 0.900 bits per heavy atom. The fourth-order valence-corrected chi connectivity index (χ4v) is 3.44. The average Bonchev–Trinajstić information content (AvgIpc) is 3.21. The number of anilines is 2. The third-order valence-corrected chi connectivity index (χ3v) is 5.00. The molecule has 5 aromatic rings. The molecule has 0 fully saturated rings. The number of nitrogens with zero attached hydrogens (tertiary/aromatic N) is 6. The lowest BCUT2D eigenvalue weighted by Crippen LogP contribution is -2.12. The van der Waals surface area contributed by atoms with Crippen LogP contribution in [0.4, 0.5) is 11.6 Å². The number of rotatable bonds is 5. The highest BCUT2D eigenvalue weighted by molar-refractivity contribution is 5.84.